The smallest absolute Gasteiger partial charge is 0.387 e. The minimum Gasteiger partial charge on any atom is -0.387 e. The van der Waals surface area contributed by atoms with Crippen LogP contribution in [0, 0.1) is 10.8 Å². The van der Waals surface area contributed by atoms with Crippen LogP contribution in [-0.2, 0) is 4.74 Å². The number of halogens is 5. The first kappa shape index (κ1) is 18.1. The number of ether oxygens (including phenoxy) is 1. The molecule has 114 valence electrons. The van der Waals surface area contributed by atoms with Crippen LogP contribution in [0.4, 0.5) is 22.0 Å². The molecule has 0 aliphatic heterocycles. The fraction of sp³-hybridized carbons (Fsp3) is 0.909. The highest BCUT2D eigenvalue weighted by Gasteiger charge is 2.57. The van der Waals surface area contributed by atoms with E-state index in [1.54, 1.807) is 13.8 Å². The maximum atomic E-state index is 12.4. The molecule has 0 bridgehead atoms. The fourth-order valence-corrected chi connectivity index (χ4v) is 1.19. The van der Waals surface area contributed by atoms with Crippen molar-refractivity contribution in [3.05, 3.63) is 0 Å². The van der Waals surface area contributed by atoms with Gasteiger partial charge in [0.25, 0.3) is 0 Å². The van der Waals surface area contributed by atoms with E-state index in [9.17, 15) is 22.0 Å². The second-order valence-electron chi connectivity index (χ2n) is 5.01. The lowest BCUT2D eigenvalue weighted by Gasteiger charge is -2.23. The summed E-state index contributed by atoms with van der Waals surface area (Å²) in [6.07, 6.45) is -4.17. The van der Waals surface area contributed by atoms with Gasteiger partial charge in [-0.25, -0.2) is 0 Å². The van der Waals surface area contributed by atoms with E-state index >= 15 is 0 Å². The summed E-state index contributed by atoms with van der Waals surface area (Å²) in [6, 6.07) is 0. The zero-order valence-electron chi connectivity index (χ0n) is 10.9. The molecule has 0 rings (SSSR count). The Balaban J connectivity index is 3.82. The monoisotopic (exact) mass is 290 g/mol. The van der Waals surface area contributed by atoms with E-state index in [4.69, 9.17) is 11.1 Å². The zero-order chi connectivity index (χ0) is 15.3. The number of hydrogen-bond donors (Lipinski definition) is 2. The first-order valence-electron chi connectivity index (χ1n) is 5.77. The van der Waals surface area contributed by atoms with E-state index in [1.165, 1.54) is 0 Å². The van der Waals surface area contributed by atoms with Crippen molar-refractivity contribution in [2.24, 2.45) is 11.1 Å². The van der Waals surface area contributed by atoms with Crippen LogP contribution in [0.5, 0.6) is 0 Å². The van der Waals surface area contributed by atoms with E-state index in [0.29, 0.717) is 19.3 Å². The lowest BCUT2D eigenvalue weighted by Crippen LogP contribution is -2.40. The van der Waals surface area contributed by atoms with E-state index < -0.39 is 24.1 Å². The molecule has 0 unspecified atom stereocenters. The third kappa shape index (κ3) is 6.17. The van der Waals surface area contributed by atoms with Crippen molar-refractivity contribution < 1.29 is 26.7 Å². The van der Waals surface area contributed by atoms with Crippen molar-refractivity contribution in [1.29, 1.82) is 5.41 Å². The number of unbranched alkanes of at least 4 members (excludes halogenated alkanes) is 1. The van der Waals surface area contributed by atoms with Gasteiger partial charge < -0.3 is 10.5 Å². The van der Waals surface area contributed by atoms with E-state index in [1.807, 2.05) is 0 Å². The average Bonchev–Trinajstić information content (AvgIpc) is 2.21. The molecule has 0 saturated carbocycles. The Labute approximate surface area is 108 Å². The number of nitrogens with one attached hydrogen (secondary N) is 1. The molecule has 3 N–H and O–H groups in total. The van der Waals surface area contributed by atoms with Crippen LogP contribution in [0.2, 0.25) is 0 Å². The van der Waals surface area contributed by atoms with Gasteiger partial charge in [0.2, 0.25) is 0 Å². The molecular formula is C11H19F5N2O. The van der Waals surface area contributed by atoms with Gasteiger partial charge >= 0.3 is 12.1 Å². The standard InChI is InChI=1S/C11H19F5N2O/c1-9(2,8(17)18)5-3-4-6-19-7-10(12,13)11(14,15)16/h3-7H2,1-2H3,(H3,17,18). The Morgan fingerprint density at radius 3 is 2.05 bits per heavy atom. The molecule has 19 heavy (non-hydrogen) atoms. The molecule has 0 aliphatic rings. The van der Waals surface area contributed by atoms with Gasteiger partial charge in [-0.3, -0.25) is 5.41 Å². The second kappa shape index (κ2) is 6.49. The van der Waals surface area contributed by atoms with Crippen LogP contribution < -0.4 is 5.73 Å². The Morgan fingerprint density at radius 1 is 1.11 bits per heavy atom. The normalized spacial score (nSPS) is 13.6. The molecule has 0 aromatic rings. The van der Waals surface area contributed by atoms with E-state index in [0.717, 1.165) is 0 Å². The largest absolute Gasteiger partial charge is 0.455 e. The van der Waals surface area contributed by atoms with Crippen molar-refractivity contribution in [3.8, 4) is 0 Å². The molecule has 0 fully saturated rings. The first-order valence-corrected chi connectivity index (χ1v) is 5.77. The first-order chi connectivity index (χ1) is 8.40. The van der Waals surface area contributed by atoms with Crippen molar-refractivity contribution in [1.82, 2.24) is 0 Å². The highest BCUT2D eigenvalue weighted by atomic mass is 19.4. The van der Waals surface area contributed by atoms with Gasteiger partial charge in [0.05, 0.1) is 5.84 Å². The van der Waals surface area contributed by atoms with E-state index in [2.05, 4.69) is 4.74 Å². The fourth-order valence-electron chi connectivity index (χ4n) is 1.19. The van der Waals surface area contributed by atoms with Gasteiger partial charge in [-0.05, 0) is 12.8 Å². The van der Waals surface area contributed by atoms with Crippen LogP contribution in [0.1, 0.15) is 33.1 Å². The predicted molar refractivity (Wildman–Crippen MR) is 61.4 cm³/mol. The molecule has 0 aliphatic carbocycles. The summed E-state index contributed by atoms with van der Waals surface area (Å²) in [6.45, 7) is 1.67. The summed E-state index contributed by atoms with van der Waals surface area (Å²) in [5.41, 5.74) is 4.84. The highest BCUT2D eigenvalue weighted by Crippen LogP contribution is 2.35. The number of alkyl halides is 5. The third-order valence-electron chi connectivity index (χ3n) is 2.77. The summed E-state index contributed by atoms with van der Waals surface area (Å²) in [4.78, 5) is 0. The minimum atomic E-state index is -5.58. The lowest BCUT2D eigenvalue weighted by atomic mass is 9.86. The van der Waals surface area contributed by atoms with Gasteiger partial charge in [-0.1, -0.05) is 20.3 Å². The molecule has 8 heteroatoms. The summed E-state index contributed by atoms with van der Waals surface area (Å²) in [5.74, 6) is -4.80. The molecule has 3 nitrogen and oxygen atoms in total. The van der Waals surface area contributed by atoms with Gasteiger partial charge in [0.1, 0.15) is 6.61 Å². The van der Waals surface area contributed by atoms with Crippen molar-refractivity contribution >= 4 is 5.84 Å². The quantitative estimate of drug-likeness (QED) is 0.312. The van der Waals surface area contributed by atoms with Gasteiger partial charge in [0.15, 0.2) is 0 Å². The molecule has 0 aromatic carbocycles. The maximum absolute atomic E-state index is 12.4. The summed E-state index contributed by atoms with van der Waals surface area (Å²) in [7, 11) is 0. The lowest BCUT2D eigenvalue weighted by molar-refractivity contribution is -0.296. The van der Waals surface area contributed by atoms with Crippen LogP contribution in [-0.4, -0.2) is 31.1 Å². The summed E-state index contributed by atoms with van der Waals surface area (Å²) < 4.78 is 64.6. The Bertz CT molecular complexity index is 302. The Kier molecular flexibility index (Phi) is 6.18. The number of nitrogens with two attached hydrogens (primary N) is 1. The van der Waals surface area contributed by atoms with Crippen LogP contribution in [0.25, 0.3) is 0 Å². The van der Waals surface area contributed by atoms with Crippen molar-refractivity contribution in [3.63, 3.8) is 0 Å². The number of hydrogen-bond acceptors (Lipinski definition) is 2. The topological polar surface area (TPSA) is 59.1 Å². The molecule has 0 saturated heterocycles. The summed E-state index contributed by atoms with van der Waals surface area (Å²) >= 11 is 0. The molecular weight excluding hydrogens is 271 g/mol. The maximum Gasteiger partial charge on any atom is 0.455 e. The Morgan fingerprint density at radius 2 is 1.63 bits per heavy atom. The highest BCUT2D eigenvalue weighted by molar-refractivity contribution is 5.82. The molecule has 0 spiro atoms. The van der Waals surface area contributed by atoms with Crippen molar-refractivity contribution in [2.75, 3.05) is 13.2 Å². The number of amidine groups is 1. The Hall–Kier alpha value is -0.920. The van der Waals surface area contributed by atoms with Gasteiger partial charge in [0, 0.05) is 12.0 Å². The van der Waals surface area contributed by atoms with Crippen LogP contribution in [0.3, 0.4) is 0 Å². The SMILES string of the molecule is CC(C)(CCCCOCC(F)(F)C(F)(F)F)C(=N)N. The predicted octanol–water partition coefficient (Wildman–Crippen LogP) is 3.33. The molecule has 0 atom stereocenters. The molecule has 0 heterocycles. The van der Waals surface area contributed by atoms with Gasteiger partial charge in [-0.2, -0.15) is 22.0 Å². The van der Waals surface area contributed by atoms with E-state index in [-0.39, 0.29) is 12.4 Å². The van der Waals surface area contributed by atoms with Gasteiger partial charge in [-0.15, -0.1) is 0 Å². The second-order valence-corrected chi connectivity index (χ2v) is 5.01. The molecule has 0 amide bonds. The number of rotatable bonds is 8. The summed E-state index contributed by atoms with van der Waals surface area (Å²) in [5, 5.41) is 7.29. The average molecular weight is 290 g/mol. The molecule has 0 aromatic heterocycles. The zero-order valence-corrected chi connectivity index (χ0v) is 10.9. The van der Waals surface area contributed by atoms with Crippen molar-refractivity contribution in [2.45, 2.75) is 45.2 Å². The third-order valence-corrected chi connectivity index (χ3v) is 2.77. The van der Waals surface area contributed by atoms with Crippen LogP contribution >= 0.6 is 0 Å². The minimum absolute atomic E-state index is 0.0111. The van der Waals surface area contributed by atoms with Crippen LogP contribution in [0.15, 0.2) is 0 Å². The molecule has 0 radical (unpaired) electrons.